The third kappa shape index (κ3) is 25.1. The molecule has 11 heterocycles. The predicted octanol–water partition coefficient (Wildman–Crippen LogP) is 30.3. The maximum Gasteiger partial charge on any atom is 0.286 e. The van der Waals surface area contributed by atoms with Crippen LogP contribution in [0.5, 0.6) is 0 Å². The van der Waals surface area contributed by atoms with Crippen molar-refractivity contribution >= 4 is 186 Å². The topological polar surface area (TPSA) is 185 Å². The maximum absolute atomic E-state index is 13.4. The summed E-state index contributed by atoms with van der Waals surface area (Å²) in [6, 6.07) is 38.3. The van der Waals surface area contributed by atoms with Gasteiger partial charge in [0.15, 0.2) is 22.8 Å². The normalized spacial score (nSPS) is 16.1. The highest BCUT2D eigenvalue weighted by molar-refractivity contribution is 7.17. The smallest absolute Gasteiger partial charge is 0.286 e. The molecule has 2 saturated carbocycles. The highest BCUT2D eigenvalue weighted by Crippen LogP contribution is 2.44. The van der Waals surface area contributed by atoms with Gasteiger partial charge in [0.25, 0.3) is 23.6 Å². The Kier molecular flexibility index (Phi) is 36.3. The Bertz CT molecular complexity index is 6010. The fourth-order valence-electron chi connectivity index (χ4n) is 17.5. The predicted molar refractivity (Wildman–Crippen MR) is 559 cm³/mol. The Morgan fingerprint density at radius 1 is 0.353 bits per heavy atom. The van der Waals surface area contributed by atoms with Gasteiger partial charge < -0.3 is 10.2 Å². The van der Waals surface area contributed by atoms with Crippen molar-refractivity contribution in [2.45, 2.75) is 203 Å². The number of carbonyl (C=O) groups is 4. The Morgan fingerprint density at radius 3 is 0.985 bits per heavy atom. The number of nitrogens with one attached hydrogen (secondary N) is 3. The molecule has 5 fully saturated rings. The average molecular weight is 2020 g/mol. The van der Waals surface area contributed by atoms with Crippen molar-refractivity contribution in [3.63, 3.8) is 0 Å². The number of fused-ring (bicyclic) bond motifs is 1. The summed E-state index contributed by atoms with van der Waals surface area (Å²) in [5.74, 6) is 0.896. The summed E-state index contributed by atoms with van der Waals surface area (Å²) in [6.45, 7) is 21.7. The Labute approximate surface area is 837 Å². The van der Waals surface area contributed by atoms with E-state index in [0.29, 0.717) is 97.5 Å². The number of hydrogen-bond acceptors (Lipinski definition) is 14. The van der Waals surface area contributed by atoms with Crippen molar-refractivity contribution in [1.82, 2.24) is 70.2 Å². The fourth-order valence-corrected chi connectivity index (χ4v) is 23.6. The number of rotatable bonds is 27. The molecular formula is C103H114Cl8N14O4S4. The van der Waals surface area contributed by atoms with Crippen LogP contribution in [0.4, 0.5) is 0 Å². The van der Waals surface area contributed by atoms with Crippen molar-refractivity contribution in [3.05, 3.63) is 250 Å². The number of benzene rings is 4. The van der Waals surface area contributed by atoms with Gasteiger partial charge in [0.05, 0.1) is 85.1 Å². The molecule has 0 bridgehead atoms. The molecule has 4 amide bonds. The molecule has 8 aromatic heterocycles. The van der Waals surface area contributed by atoms with E-state index >= 15 is 0 Å². The van der Waals surface area contributed by atoms with Crippen LogP contribution in [0.2, 0.25) is 40.2 Å². The van der Waals surface area contributed by atoms with Gasteiger partial charge in [-0.1, -0.05) is 203 Å². The number of thiophene rings is 4. The number of amides is 4. The first-order valence-electron chi connectivity index (χ1n) is 46.4. The van der Waals surface area contributed by atoms with Gasteiger partial charge in [-0.25, -0.2) is 28.7 Å². The van der Waals surface area contributed by atoms with E-state index in [-0.39, 0.29) is 29.7 Å². The van der Waals surface area contributed by atoms with Gasteiger partial charge in [0.2, 0.25) is 0 Å². The number of allylic oxidation sites excluding steroid dienone is 4. The molecule has 12 aromatic rings. The van der Waals surface area contributed by atoms with Crippen LogP contribution in [0.15, 0.2) is 146 Å². The number of likely N-dealkylation sites (tertiary alicyclic amines) is 1. The molecule has 0 radical (unpaired) electrons. The average Bonchev–Trinajstić information content (AvgIpc) is 1.62. The summed E-state index contributed by atoms with van der Waals surface area (Å²) in [4.78, 5) is 63.9. The first kappa shape index (κ1) is 101. The molecular weight excluding hydrogens is 1910 g/mol. The molecule has 2 unspecified atom stereocenters. The number of halogens is 8. The number of hydrogen-bond donors (Lipinski definition) is 3. The lowest BCUT2D eigenvalue weighted by Gasteiger charge is -2.26. The zero-order chi connectivity index (χ0) is 93.9. The van der Waals surface area contributed by atoms with E-state index in [4.69, 9.17) is 113 Å². The molecule has 2 aliphatic carbocycles. The highest BCUT2D eigenvalue weighted by atomic mass is 35.5. The van der Waals surface area contributed by atoms with E-state index in [0.717, 1.165) is 216 Å². The van der Waals surface area contributed by atoms with Crippen LogP contribution < -0.4 is 16.2 Å². The summed E-state index contributed by atoms with van der Waals surface area (Å²) in [5, 5.41) is 30.5. The summed E-state index contributed by atoms with van der Waals surface area (Å²) >= 11 is 57.5. The number of aromatic nitrogens is 8. The third-order valence-electron chi connectivity index (χ3n) is 24.5. The van der Waals surface area contributed by atoms with Crippen molar-refractivity contribution in [1.29, 1.82) is 0 Å². The molecule has 3 aliphatic heterocycles. The first-order chi connectivity index (χ1) is 64.4. The zero-order valence-electron chi connectivity index (χ0n) is 76.4. The minimum atomic E-state index is -0.195. The van der Waals surface area contributed by atoms with Gasteiger partial charge in [-0.2, -0.15) is 20.4 Å². The van der Waals surface area contributed by atoms with Crippen molar-refractivity contribution in [2.24, 2.45) is 11.8 Å². The number of unbranched alkanes of at least 4 members (excludes halogenated alkanes) is 4. The number of hydrazine groups is 2. The standard InChI is InChI=1S/C27H30Cl2N4OS.C26H29Cl2N3OS.C25H28Cl2N4OS.C25H27Cl2N3OS/c1-3-4-5-9-21-11-13-24(35-21)26-17(2)25(30-33(26)23-12-10-20(28)14-22(23)29)27(34)31-32-15-18-7-6-8-19(18)16-32;1-3-4-6-11-20-13-15-23(33-20)25-17(2)24(26(32)29-19-9-7-5-8-10-19)30-31(25)22-14-12-18(27)16-21(22)28;1-3-4-6-9-19-11-13-22(33-19)24-17(2)23(25(32)29-30-14-7-5-8-15-30)28-31(24)21-12-10-18(26)16-20(21)27;1-3-4-6-9-19-11-13-22(32-19)24-17(2)23(25(31)29-14-7-5-8-15-29)28-30(24)21-12-10-18(26)16-20(21)27/h5,9-14,18-19H,3-4,6-8,15-16H2,1-2H3,(H,31,34);6,11-16,19H,3-5,7-10H2,1-2H3,(H,29,32);6,9-13,16H,3-5,7-8,14-15H2,1-2H3,(H,29,32);6,9-13,16H,3-5,7-8,14-15H2,1-2H3/b9-5+;11-6+;2*9-6+. The van der Waals surface area contributed by atoms with Gasteiger partial charge in [-0.15, -0.1) is 45.3 Å². The second kappa shape index (κ2) is 48.1. The third-order valence-corrected chi connectivity index (χ3v) is 30.8. The van der Waals surface area contributed by atoms with Crippen LogP contribution >= 0.6 is 138 Å². The summed E-state index contributed by atoms with van der Waals surface area (Å²) < 4.78 is 7.14. The SMILES string of the molecule is CCC/C=C/c1ccc(-c2c(C)c(C(=O)N3CCCCC3)nn2-c2ccc(Cl)cc2Cl)s1.CCC/C=C/c1ccc(-c2c(C)c(C(=O)NC3CCCCC3)nn2-c2ccc(Cl)cc2Cl)s1.CCC/C=C/c1ccc(-c2c(C)c(C(=O)NN3CC4CCCC4C3)nn2-c2ccc(Cl)cc2Cl)s1.CCC/C=C/c1ccc(-c2c(C)c(C(=O)NN3CCCCC3)nn2-c2ccc(Cl)cc2Cl)s1. The number of nitrogens with zero attached hydrogens (tertiary/aromatic N) is 11. The van der Waals surface area contributed by atoms with Crippen molar-refractivity contribution in [3.8, 4) is 65.0 Å². The van der Waals surface area contributed by atoms with E-state index in [1.165, 1.54) is 48.3 Å². The van der Waals surface area contributed by atoms with E-state index in [9.17, 15) is 19.2 Å². The molecule has 3 saturated heterocycles. The van der Waals surface area contributed by atoms with Gasteiger partial charge in [-0.3, -0.25) is 30.0 Å². The van der Waals surface area contributed by atoms with Crippen molar-refractivity contribution < 1.29 is 19.2 Å². The molecule has 133 heavy (non-hydrogen) atoms. The molecule has 2 atom stereocenters. The minimum Gasteiger partial charge on any atom is -0.348 e. The van der Waals surface area contributed by atoms with E-state index in [1.807, 2.05) is 61.9 Å². The fraction of sp³-hybridized carbons (Fsp3) is 0.379. The van der Waals surface area contributed by atoms with Gasteiger partial charge in [-0.05, 0) is 269 Å². The van der Waals surface area contributed by atoms with E-state index < -0.39 is 0 Å². The number of piperidine rings is 2. The van der Waals surface area contributed by atoms with Crippen LogP contribution in [0.25, 0.3) is 89.3 Å². The van der Waals surface area contributed by atoms with Gasteiger partial charge in [0, 0.05) is 107 Å². The molecule has 17 rings (SSSR count). The quantitative estimate of drug-likeness (QED) is 0.0447. The Morgan fingerprint density at radius 2 is 0.654 bits per heavy atom. The monoisotopic (exact) mass is 2020 g/mol. The molecule has 5 aliphatic rings. The first-order valence-corrected chi connectivity index (χ1v) is 52.7. The van der Waals surface area contributed by atoms with Crippen LogP contribution in [0.1, 0.15) is 253 Å². The second-order valence-corrected chi connectivity index (χ2v) is 42.2. The molecule has 4 aromatic carbocycles. The Balaban J connectivity index is 0.000000143. The summed E-state index contributed by atoms with van der Waals surface area (Å²) in [5.41, 5.74) is 17.6. The van der Waals surface area contributed by atoms with E-state index in [2.05, 4.69) is 146 Å². The molecule has 0 spiro atoms. The molecule has 700 valence electrons. The molecule has 30 heteroatoms. The minimum absolute atomic E-state index is 0.00749. The Hall–Kier alpha value is -8.40. The number of carbonyl (C=O) groups excluding carboxylic acids is 4. The highest BCUT2D eigenvalue weighted by Gasteiger charge is 2.38. The lowest BCUT2D eigenvalue weighted by Crippen LogP contribution is -2.45. The largest absolute Gasteiger partial charge is 0.348 e. The van der Waals surface area contributed by atoms with Gasteiger partial charge in [0.1, 0.15) is 0 Å². The van der Waals surface area contributed by atoms with Gasteiger partial charge >= 0.3 is 0 Å². The van der Waals surface area contributed by atoms with Crippen molar-refractivity contribution in [2.75, 3.05) is 39.3 Å². The summed E-state index contributed by atoms with van der Waals surface area (Å²) in [7, 11) is 0. The van der Waals surface area contributed by atoms with Crippen LogP contribution in [0.3, 0.4) is 0 Å². The maximum atomic E-state index is 13.4. The van der Waals surface area contributed by atoms with Crippen LogP contribution in [-0.2, 0) is 0 Å². The van der Waals surface area contributed by atoms with Crippen LogP contribution in [-0.4, -0.2) is 123 Å². The lowest BCUT2D eigenvalue weighted by molar-refractivity contribution is 0.0714. The van der Waals surface area contributed by atoms with Crippen LogP contribution in [0, 0.1) is 39.5 Å². The molecule has 18 nitrogen and oxygen atoms in total. The summed E-state index contributed by atoms with van der Waals surface area (Å²) in [6.07, 6.45) is 42.1. The zero-order valence-corrected chi connectivity index (χ0v) is 85.7. The van der Waals surface area contributed by atoms with E-state index in [1.54, 1.807) is 113 Å². The molecule has 3 N–H and O–H groups in total. The lowest BCUT2D eigenvalue weighted by atomic mass is 9.95. The second-order valence-electron chi connectivity index (χ2n) is 34.3.